The van der Waals surface area contributed by atoms with E-state index in [1.165, 1.54) is 12.1 Å². The van der Waals surface area contributed by atoms with Crippen LogP contribution >= 0.6 is 0 Å². The van der Waals surface area contributed by atoms with Crippen molar-refractivity contribution >= 4 is 28.4 Å². The van der Waals surface area contributed by atoms with Crippen LogP contribution in [-0.4, -0.2) is 27.9 Å². The Bertz CT molecular complexity index is 1300. The minimum Gasteiger partial charge on any atom is -0.378 e. The molecule has 2 heterocycles. The zero-order valence-electron chi connectivity index (χ0n) is 17.8. The van der Waals surface area contributed by atoms with Crippen LogP contribution in [0.5, 0.6) is 0 Å². The van der Waals surface area contributed by atoms with Crippen LogP contribution in [0.1, 0.15) is 11.3 Å². The average molecular weight is 455 g/mol. The SMILES string of the molecule is COCc1cc(-c2ccc(NC(=O)Nc3cccc(C(F)(F)F)c3)cc2)c2cnn(C)c2n1. The molecular weight excluding hydrogens is 435 g/mol. The zero-order valence-corrected chi connectivity index (χ0v) is 17.8. The molecule has 0 saturated heterocycles. The van der Waals surface area contributed by atoms with Crippen molar-refractivity contribution in [2.75, 3.05) is 17.7 Å². The average Bonchev–Trinajstić information content (AvgIpc) is 3.14. The smallest absolute Gasteiger partial charge is 0.378 e. The van der Waals surface area contributed by atoms with Gasteiger partial charge in [0.25, 0.3) is 0 Å². The molecule has 0 bridgehead atoms. The van der Waals surface area contributed by atoms with Crippen molar-refractivity contribution in [3.8, 4) is 11.1 Å². The van der Waals surface area contributed by atoms with Gasteiger partial charge in [0.1, 0.15) is 0 Å². The molecule has 2 N–H and O–H groups in total. The summed E-state index contributed by atoms with van der Waals surface area (Å²) in [5, 5.41) is 10.2. The Balaban J connectivity index is 1.52. The normalized spacial score (nSPS) is 11.5. The molecule has 170 valence electrons. The molecule has 0 aliphatic carbocycles. The lowest BCUT2D eigenvalue weighted by Crippen LogP contribution is -2.19. The molecule has 0 unspecified atom stereocenters. The number of urea groups is 1. The van der Waals surface area contributed by atoms with Crippen LogP contribution in [0.15, 0.2) is 60.8 Å². The number of pyridine rings is 1. The highest BCUT2D eigenvalue weighted by molar-refractivity contribution is 6.00. The van der Waals surface area contributed by atoms with E-state index < -0.39 is 17.8 Å². The lowest BCUT2D eigenvalue weighted by Gasteiger charge is -2.11. The molecule has 0 atom stereocenters. The molecule has 2 aromatic heterocycles. The number of hydrogen-bond donors (Lipinski definition) is 2. The van der Waals surface area contributed by atoms with Crippen LogP contribution in [0.3, 0.4) is 0 Å². The second-order valence-electron chi connectivity index (χ2n) is 7.33. The van der Waals surface area contributed by atoms with Crippen LogP contribution in [0, 0.1) is 0 Å². The van der Waals surface area contributed by atoms with E-state index in [4.69, 9.17) is 4.74 Å². The fourth-order valence-electron chi connectivity index (χ4n) is 3.43. The third-order valence-corrected chi connectivity index (χ3v) is 4.95. The van der Waals surface area contributed by atoms with Gasteiger partial charge >= 0.3 is 12.2 Å². The van der Waals surface area contributed by atoms with E-state index in [9.17, 15) is 18.0 Å². The Labute approximate surface area is 187 Å². The number of alkyl halides is 3. The number of ether oxygens (including phenoxy) is 1. The molecule has 2 aromatic carbocycles. The van der Waals surface area contributed by atoms with Gasteiger partial charge in [-0.3, -0.25) is 4.68 Å². The van der Waals surface area contributed by atoms with Crippen molar-refractivity contribution in [3.05, 3.63) is 72.1 Å². The van der Waals surface area contributed by atoms with E-state index in [2.05, 4.69) is 20.7 Å². The number of carbonyl (C=O) groups excluding carboxylic acids is 1. The Morgan fingerprint density at radius 2 is 1.79 bits per heavy atom. The number of halogens is 3. The fourth-order valence-corrected chi connectivity index (χ4v) is 3.43. The molecule has 0 fully saturated rings. The van der Waals surface area contributed by atoms with E-state index in [1.54, 1.807) is 30.1 Å². The molecule has 0 aliphatic heterocycles. The zero-order chi connectivity index (χ0) is 23.6. The lowest BCUT2D eigenvalue weighted by molar-refractivity contribution is -0.137. The number of amides is 2. The quantitative estimate of drug-likeness (QED) is 0.420. The Morgan fingerprint density at radius 3 is 2.48 bits per heavy atom. The maximum atomic E-state index is 12.9. The molecule has 4 rings (SSSR count). The summed E-state index contributed by atoms with van der Waals surface area (Å²) >= 11 is 0. The van der Waals surface area contributed by atoms with Gasteiger partial charge in [-0.25, -0.2) is 9.78 Å². The highest BCUT2D eigenvalue weighted by Crippen LogP contribution is 2.31. The van der Waals surface area contributed by atoms with Crippen molar-refractivity contribution < 1.29 is 22.7 Å². The first-order valence-electron chi connectivity index (χ1n) is 9.91. The van der Waals surface area contributed by atoms with Gasteiger partial charge < -0.3 is 15.4 Å². The van der Waals surface area contributed by atoms with Gasteiger partial charge in [0, 0.05) is 30.9 Å². The number of fused-ring (bicyclic) bond motifs is 1. The Hall–Kier alpha value is -3.92. The summed E-state index contributed by atoms with van der Waals surface area (Å²) in [7, 11) is 3.41. The van der Waals surface area contributed by atoms with E-state index in [1.807, 2.05) is 25.2 Å². The highest BCUT2D eigenvalue weighted by atomic mass is 19.4. The number of rotatable bonds is 5. The predicted octanol–water partition coefficient (Wildman–Crippen LogP) is 5.44. The summed E-state index contributed by atoms with van der Waals surface area (Å²) < 4.78 is 45.5. The third kappa shape index (κ3) is 4.96. The number of anilines is 2. The van der Waals surface area contributed by atoms with Gasteiger partial charge in [0.05, 0.1) is 24.1 Å². The van der Waals surface area contributed by atoms with Gasteiger partial charge in [-0.1, -0.05) is 18.2 Å². The molecule has 10 heteroatoms. The van der Waals surface area contributed by atoms with Crippen molar-refractivity contribution in [2.45, 2.75) is 12.8 Å². The van der Waals surface area contributed by atoms with Gasteiger partial charge in [0.15, 0.2) is 5.65 Å². The van der Waals surface area contributed by atoms with Crippen LogP contribution < -0.4 is 10.6 Å². The summed E-state index contributed by atoms with van der Waals surface area (Å²) in [6.07, 6.45) is -2.75. The van der Waals surface area contributed by atoms with Gasteiger partial charge in [-0.15, -0.1) is 0 Å². The molecule has 0 saturated carbocycles. The van der Waals surface area contributed by atoms with Crippen LogP contribution in [0.25, 0.3) is 22.2 Å². The standard InChI is InChI=1S/C23H20F3N5O2/c1-31-21-20(12-27-31)19(11-18(28-21)13-33-2)14-6-8-16(9-7-14)29-22(32)30-17-5-3-4-15(10-17)23(24,25)26/h3-12H,13H2,1-2H3,(H2,29,30,32). The summed E-state index contributed by atoms with van der Waals surface area (Å²) in [6, 6.07) is 12.8. The Kier molecular flexibility index (Phi) is 6.01. The predicted molar refractivity (Wildman–Crippen MR) is 119 cm³/mol. The first-order valence-corrected chi connectivity index (χ1v) is 9.91. The summed E-state index contributed by atoms with van der Waals surface area (Å²) in [4.78, 5) is 16.8. The number of nitrogens with one attached hydrogen (secondary N) is 2. The highest BCUT2D eigenvalue weighted by Gasteiger charge is 2.30. The molecule has 2 amide bonds. The molecular formula is C23H20F3N5O2. The van der Waals surface area contributed by atoms with Crippen LogP contribution in [0.4, 0.5) is 29.3 Å². The number of benzene rings is 2. The van der Waals surface area contributed by atoms with Crippen molar-refractivity contribution in [2.24, 2.45) is 7.05 Å². The largest absolute Gasteiger partial charge is 0.416 e. The third-order valence-electron chi connectivity index (χ3n) is 4.95. The van der Waals surface area contributed by atoms with Gasteiger partial charge in [-0.05, 0) is 47.5 Å². The number of aryl methyl sites for hydroxylation is 1. The summed E-state index contributed by atoms with van der Waals surface area (Å²) in [5.41, 5.74) is 2.97. The molecule has 4 aromatic rings. The van der Waals surface area contributed by atoms with Crippen LogP contribution in [0.2, 0.25) is 0 Å². The molecule has 7 nitrogen and oxygen atoms in total. The minimum absolute atomic E-state index is 0.0420. The second kappa shape index (κ2) is 8.91. The number of nitrogens with zero attached hydrogens (tertiary/aromatic N) is 3. The summed E-state index contributed by atoms with van der Waals surface area (Å²) in [6.45, 7) is 0.351. The lowest BCUT2D eigenvalue weighted by atomic mass is 10.0. The monoisotopic (exact) mass is 455 g/mol. The molecule has 0 spiro atoms. The number of carbonyl (C=O) groups is 1. The maximum absolute atomic E-state index is 12.9. The van der Waals surface area contributed by atoms with Gasteiger partial charge in [-0.2, -0.15) is 18.3 Å². The van der Waals surface area contributed by atoms with E-state index in [0.717, 1.165) is 40.0 Å². The van der Waals surface area contributed by atoms with Crippen molar-refractivity contribution in [3.63, 3.8) is 0 Å². The fraction of sp³-hybridized carbons (Fsp3) is 0.174. The van der Waals surface area contributed by atoms with Crippen molar-refractivity contribution in [1.82, 2.24) is 14.8 Å². The molecule has 33 heavy (non-hydrogen) atoms. The second-order valence-corrected chi connectivity index (χ2v) is 7.33. The minimum atomic E-state index is -4.49. The number of aromatic nitrogens is 3. The van der Waals surface area contributed by atoms with Gasteiger partial charge in [0.2, 0.25) is 0 Å². The van der Waals surface area contributed by atoms with E-state index in [-0.39, 0.29) is 5.69 Å². The van der Waals surface area contributed by atoms with E-state index >= 15 is 0 Å². The van der Waals surface area contributed by atoms with Crippen molar-refractivity contribution in [1.29, 1.82) is 0 Å². The maximum Gasteiger partial charge on any atom is 0.416 e. The summed E-state index contributed by atoms with van der Waals surface area (Å²) in [5.74, 6) is 0. The van der Waals surface area contributed by atoms with E-state index in [0.29, 0.717) is 12.3 Å². The topological polar surface area (TPSA) is 81.1 Å². The first kappa shape index (κ1) is 22.3. The molecule has 0 radical (unpaired) electrons. The molecule has 0 aliphatic rings. The number of hydrogen-bond acceptors (Lipinski definition) is 4. The number of methoxy groups -OCH3 is 1. The first-order chi connectivity index (χ1) is 15.7. The van der Waals surface area contributed by atoms with Crippen LogP contribution in [-0.2, 0) is 24.6 Å². The Morgan fingerprint density at radius 1 is 1.06 bits per heavy atom.